The van der Waals surface area contributed by atoms with Gasteiger partial charge in [0.15, 0.2) is 5.76 Å². The molecule has 1 aliphatic carbocycles. The van der Waals surface area contributed by atoms with E-state index in [0.29, 0.717) is 17.7 Å². The van der Waals surface area contributed by atoms with Crippen molar-refractivity contribution in [2.24, 2.45) is 5.92 Å². The van der Waals surface area contributed by atoms with Crippen molar-refractivity contribution in [3.8, 4) is 11.3 Å². The van der Waals surface area contributed by atoms with Crippen molar-refractivity contribution in [1.29, 1.82) is 0 Å². The predicted octanol–water partition coefficient (Wildman–Crippen LogP) is 1.82. The Morgan fingerprint density at radius 1 is 1.29 bits per heavy atom. The Morgan fingerprint density at radius 3 is 2.86 bits per heavy atom. The van der Waals surface area contributed by atoms with Crippen molar-refractivity contribution in [2.75, 3.05) is 6.54 Å². The summed E-state index contributed by atoms with van der Waals surface area (Å²) >= 11 is 0. The molecular weight excluding hydrogens is 266 g/mol. The van der Waals surface area contributed by atoms with Crippen LogP contribution in [0.2, 0.25) is 0 Å². The van der Waals surface area contributed by atoms with Crippen LogP contribution in [0.25, 0.3) is 11.3 Å². The maximum atomic E-state index is 12.2. The van der Waals surface area contributed by atoms with Gasteiger partial charge in [-0.05, 0) is 25.3 Å². The zero-order valence-corrected chi connectivity index (χ0v) is 11.6. The largest absolute Gasteiger partial charge is 0.432 e. The number of nitrogens with zero attached hydrogens (tertiary/aromatic N) is 1. The molecule has 5 nitrogen and oxygen atoms in total. The van der Waals surface area contributed by atoms with Gasteiger partial charge in [0.25, 0.3) is 5.89 Å². The normalized spacial score (nSPS) is 27.0. The Kier molecular flexibility index (Phi) is 3.00. The molecule has 0 radical (unpaired) electrons. The van der Waals surface area contributed by atoms with Crippen molar-refractivity contribution in [2.45, 2.75) is 24.9 Å². The van der Waals surface area contributed by atoms with Gasteiger partial charge in [0.1, 0.15) is 0 Å². The molecule has 1 amide bonds. The van der Waals surface area contributed by atoms with E-state index in [1.165, 1.54) is 0 Å². The van der Waals surface area contributed by atoms with Crippen molar-refractivity contribution in [3.63, 3.8) is 0 Å². The summed E-state index contributed by atoms with van der Waals surface area (Å²) in [5.74, 6) is 1.23. The first-order chi connectivity index (χ1) is 10.3. The monoisotopic (exact) mass is 283 g/mol. The minimum atomic E-state index is -0.225. The molecule has 3 atom stereocenters. The van der Waals surface area contributed by atoms with Gasteiger partial charge in [-0.25, -0.2) is 4.98 Å². The van der Waals surface area contributed by atoms with Crippen LogP contribution < -0.4 is 10.6 Å². The first-order valence-corrected chi connectivity index (χ1v) is 7.35. The van der Waals surface area contributed by atoms with Gasteiger partial charge in [0.2, 0.25) is 0 Å². The Bertz CT molecular complexity index is 653. The second-order valence-corrected chi connectivity index (χ2v) is 5.83. The van der Waals surface area contributed by atoms with E-state index in [2.05, 4.69) is 15.6 Å². The number of carbonyl (C=O) groups excluding carboxylic acids is 1. The lowest BCUT2D eigenvalue weighted by molar-refractivity contribution is 0.0894. The van der Waals surface area contributed by atoms with Crippen LogP contribution in [-0.4, -0.2) is 29.5 Å². The fourth-order valence-electron chi connectivity index (χ4n) is 3.36. The molecule has 2 N–H and O–H groups in total. The van der Waals surface area contributed by atoms with Gasteiger partial charge in [0, 0.05) is 17.6 Å². The second-order valence-electron chi connectivity index (χ2n) is 5.83. The van der Waals surface area contributed by atoms with E-state index < -0.39 is 0 Å². The van der Waals surface area contributed by atoms with E-state index in [1.54, 1.807) is 6.20 Å². The number of carbonyl (C=O) groups is 1. The van der Waals surface area contributed by atoms with Crippen LogP contribution in [-0.2, 0) is 0 Å². The summed E-state index contributed by atoms with van der Waals surface area (Å²) in [6.45, 7) is 1.08. The maximum Gasteiger partial charge on any atom is 0.307 e. The van der Waals surface area contributed by atoms with Gasteiger partial charge in [0.05, 0.1) is 6.20 Å². The number of oxazole rings is 1. The number of hydrogen-bond acceptors (Lipinski definition) is 4. The SMILES string of the molecule is O=C(NC1CC2CNC1C2)c1ncc(-c2ccccc2)o1. The lowest BCUT2D eigenvalue weighted by Gasteiger charge is -2.23. The maximum absolute atomic E-state index is 12.2. The minimum absolute atomic E-state index is 0.136. The zero-order valence-electron chi connectivity index (χ0n) is 11.6. The second kappa shape index (κ2) is 5.00. The van der Waals surface area contributed by atoms with Crippen molar-refractivity contribution in [1.82, 2.24) is 15.6 Å². The first kappa shape index (κ1) is 12.6. The Balaban J connectivity index is 1.47. The molecule has 3 unspecified atom stereocenters. The van der Waals surface area contributed by atoms with Crippen molar-refractivity contribution >= 4 is 5.91 Å². The summed E-state index contributed by atoms with van der Waals surface area (Å²) in [6.07, 6.45) is 3.81. The lowest BCUT2D eigenvalue weighted by atomic mass is 10.1. The molecule has 2 aliphatic rings. The van der Waals surface area contributed by atoms with Crippen LogP contribution in [0.3, 0.4) is 0 Å². The summed E-state index contributed by atoms with van der Waals surface area (Å²) in [5, 5.41) is 6.46. The molecule has 1 aromatic carbocycles. The standard InChI is InChI=1S/C16H17N3O2/c20-15(19-13-7-10-6-12(13)17-8-10)16-18-9-14(21-16)11-4-2-1-3-5-11/h1-5,9-10,12-13,17H,6-8H2,(H,19,20). The molecule has 1 aliphatic heterocycles. The van der Waals surface area contributed by atoms with Crippen LogP contribution in [0.15, 0.2) is 40.9 Å². The van der Waals surface area contributed by atoms with Gasteiger partial charge < -0.3 is 15.1 Å². The van der Waals surface area contributed by atoms with Crippen molar-refractivity contribution in [3.05, 3.63) is 42.4 Å². The number of piperidine rings is 1. The van der Waals surface area contributed by atoms with Gasteiger partial charge >= 0.3 is 5.91 Å². The summed E-state index contributed by atoms with van der Waals surface area (Å²) in [6, 6.07) is 10.3. The Morgan fingerprint density at radius 2 is 2.14 bits per heavy atom. The zero-order chi connectivity index (χ0) is 14.2. The van der Waals surface area contributed by atoms with Gasteiger partial charge in [-0.3, -0.25) is 4.79 Å². The molecule has 2 fully saturated rings. The lowest BCUT2D eigenvalue weighted by Crippen LogP contribution is -2.48. The molecule has 2 aromatic rings. The fraction of sp³-hybridized carbons (Fsp3) is 0.375. The number of aromatic nitrogens is 1. The molecule has 1 saturated carbocycles. The third kappa shape index (κ3) is 2.34. The quantitative estimate of drug-likeness (QED) is 0.901. The van der Waals surface area contributed by atoms with Crippen molar-refractivity contribution < 1.29 is 9.21 Å². The molecule has 108 valence electrons. The van der Waals surface area contributed by atoms with Crippen LogP contribution in [0.1, 0.15) is 23.5 Å². The minimum Gasteiger partial charge on any atom is -0.432 e. The summed E-state index contributed by atoms with van der Waals surface area (Å²) in [7, 11) is 0. The predicted molar refractivity (Wildman–Crippen MR) is 77.7 cm³/mol. The molecule has 2 bridgehead atoms. The molecule has 4 rings (SSSR count). The van der Waals surface area contributed by atoms with Gasteiger partial charge in [-0.2, -0.15) is 0 Å². The number of fused-ring (bicyclic) bond motifs is 2. The van der Waals surface area contributed by atoms with Crippen LogP contribution in [0.4, 0.5) is 0 Å². The molecule has 0 spiro atoms. The van der Waals surface area contributed by atoms with Crippen LogP contribution in [0, 0.1) is 5.92 Å². The highest BCUT2D eigenvalue weighted by atomic mass is 16.4. The number of benzene rings is 1. The highest BCUT2D eigenvalue weighted by Crippen LogP contribution is 2.31. The molecule has 2 heterocycles. The Labute approximate surface area is 122 Å². The molecule has 21 heavy (non-hydrogen) atoms. The third-order valence-electron chi connectivity index (χ3n) is 4.40. The van der Waals surface area contributed by atoms with Gasteiger partial charge in [-0.1, -0.05) is 30.3 Å². The Hall–Kier alpha value is -2.14. The highest BCUT2D eigenvalue weighted by Gasteiger charge is 2.40. The average Bonchev–Trinajstić information content (AvgIpc) is 3.24. The smallest absolute Gasteiger partial charge is 0.307 e. The summed E-state index contributed by atoms with van der Waals surface area (Å²) in [5.41, 5.74) is 0.922. The number of nitrogens with one attached hydrogen (secondary N) is 2. The average molecular weight is 283 g/mol. The van der Waals surface area contributed by atoms with E-state index in [4.69, 9.17) is 4.42 Å². The molecule has 1 aromatic heterocycles. The topological polar surface area (TPSA) is 67.2 Å². The van der Waals surface area contributed by atoms with E-state index in [1.807, 2.05) is 30.3 Å². The third-order valence-corrected chi connectivity index (χ3v) is 4.40. The van der Waals surface area contributed by atoms with E-state index in [9.17, 15) is 4.79 Å². The first-order valence-electron chi connectivity index (χ1n) is 7.35. The number of hydrogen-bond donors (Lipinski definition) is 2. The van der Waals surface area contributed by atoms with E-state index >= 15 is 0 Å². The fourth-order valence-corrected chi connectivity index (χ4v) is 3.36. The summed E-state index contributed by atoms with van der Waals surface area (Å²) < 4.78 is 5.58. The molecule has 1 saturated heterocycles. The van der Waals surface area contributed by atoms with Gasteiger partial charge in [-0.15, -0.1) is 0 Å². The van der Waals surface area contributed by atoms with Crippen LogP contribution in [0.5, 0.6) is 0 Å². The molecule has 5 heteroatoms. The highest BCUT2D eigenvalue weighted by molar-refractivity contribution is 5.90. The van der Waals surface area contributed by atoms with E-state index in [-0.39, 0.29) is 17.8 Å². The van der Waals surface area contributed by atoms with E-state index in [0.717, 1.165) is 24.9 Å². The summed E-state index contributed by atoms with van der Waals surface area (Å²) in [4.78, 5) is 16.3. The number of rotatable bonds is 3. The molecular formula is C16H17N3O2. The van der Waals surface area contributed by atoms with Crippen LogP contribution >= 0.6 is 0 Å². The number of amides is 1.